The number of likely N-dealkylation sites (tertiary alicyclic amines) is 1. The molecule has 2 heterocycles. The summed E-state index contributed by atoms with van der Waals surface area (Å²) in [7, 11) is 0. The van der Waals surface area contributed by atoms with Crippen LogP contribution in [0.3, 0.4) is 0 Å². The Kier molecular flexibility index (Phi) is 7.94. The Morgan fingerprint density at radius 1 is 1.19 bits per heavy atom. The number of carbonyl (C=O) groups excluding carboxylic acids is 1. The lowest BCUT2D eigenvalue weighted by atomic mass is 10.1. The summed E-state index contributed by atoms with van der Waals surface area (Å²) < 4.78 is 5.63. The smallest absolute Gasteiger partial charge is 0.251 e. The molecule has 1 amide bonds. The number of halogens is 1. The Balaban J connectivity index is 0.00000243. The van der Waals surface area contributed by atoms with Gasteiger partial charge in [0.05, 0.1) is 12.1 Å². The average molecular weight is 395 g/mol. The molecule has 4 nitrogen and oxygen atoms in total. The number of rotatable bonds is 7. The molecule has 1 aromatic carbocycles. The van der Waals surface area contributed by atoms with Gasteiger partial charge in [-0.15, -0.1) is 23.7 Å². The summed E-state index contributed by atoms with van der Waals surface area (Å²) in [6.07, 6.45) is 2.62. The molecule has 3 rings (SSSR count). The van der Waals surface area contributed by atoms with Gasteiger partial charge in [-0.05, 0) is 75.5 Å². The third-order valence-corrected chi connectivity index (χ3v) is 5.37. The van der Waals surface area contributed by atoms with Crippen molar-refractivity contribution >= 4 is 29.7 Å². The van der Waals surface area contributed by atoms with Gasteiger partial charge < -0.3 is 10.1 Å². The number of benzene rings is 1. The third-order valence-electron chi connectivity index (χ3n) is 4.40. The first-order valence-corrected chi connectivity index (χ1v) is 9.84. The molecule has 142 valence electrons. The van der Waals surface area contributed by atoms with E-state index in [1.807, 2.05) is 38.1 Å². The second kappa shape index (κ2) is 9.95. The maximum Gasteiger partial charge on any atom is 0.251 e. The first-order valence-electron chi connectivity index (χ1n) is 8.96. The van der Waals surface area contributed by atoms with Gasteiger partial charge >= 0.3 is 0 Å². The first kappa shape index (κ1) is 20.7. The SMILES string of the molecule is CC(C)Oc1ccc(C(=O)NCC(c2cccs2)N2CCCC2)cc1.Cl. The zero-order valence-corrected chi connectivity index (χ0v) is 16.9. The van der Waals surface area contributed by atoms with Crippen LogP contribution < -0.4 is 10.1 Å². The summed E-state index contributed by atoms with van der Waals surface area (Å²) in [6.45, 7) is 6.84. The fourth-order valence-electron chi connectivity index (χ4n) is 3.19. The van der Waals surface area contributed by atoms with Gasteiger partial charge in [-0.2, -0.15) is 0 Å². The van der Waals surface area contributed by atoms with Crippen LogP contribution in [0.4, 0.5) is 0 Å². The van der Waals surface area contributed by atoms with Gasteiger partial charge in [-0.3, -0.25) is 9.69 Å². The molecule has 1 aliphatic rings. The molecule has 1 unspecified atom stereocenters. The van der Waals surface area contributed by atoms with Crippen LogP contribution >= 0.6 is 23.7 Å². The zero-order valence-electron chi connectivity index (χ0n) is 15.3. The van der Waals surface area contributed by atoms with Crippen LogP contribution in [0.1, 0.15) is 48.0 Å². The molecular weight excluding hydrogens is 368 g/mol. The molecule has 1 atom stereocenters. The molecular formula is C20H27ClN2O2S. The molecule has 6 heteroatoms. The number of thiophene rings is 1. The van der Waals surface area contributed by atoms with E-state index in [0.29, 0.717) is 12.1 Å². The molecule has 1 N–H and O–H groups in total. The van der Waals surface area contributed by atoms with Crippen molar-refractivity contribution in [3.8, 4) is 5.75 Å². The maximum absolute atomic E-state index is 12.5. The monoisotopic (exact) mass is 394 g/mol. The summed E-state index contributed by atoms with van der Waals surface area (Å²) >= 11 is 1.76. The van der Waals surface area contributed by atoms with Crippen molar-refractivity contribution in [1.29, 1.82) is 0 Å². The fourth-order valence-corrected chi connectivity index (χ4v) is 4.05. The van der Waals surface area contributed by atoms with E-state index in [9.17, 15) is 4.79 Å². The van der Waals surface area contributed by atoms with Gasteiger partial charge in [-0.1, -0.05) is 6.07 Å². The fraction of sp³-hybridized carbons (Fsp3) is 0.450. The van der Waals surface area contributed by atoms with Gasteiger partial charge in [0.25, 0.3) is 5.91 Å². The van der Waals surface area contributed by atoms with E-state index in [1.54, 1.807) is 11.3 Å². The molecule has 1 aromatic heterocycles. The predicted molar refractivity (Wildman–Crippen MR) is 110 cm³/mol. The summed E-state index contributed by atoms with van der Waals surface area (Å²) in [4.78, 5) is 16.3. The number of ether oxygens (including phenoxy) is 1. The Hall–Kier alpha value is -1.56. The average Bonchev–Trinajstić information content (AvgIpc) is 3.29. The molecule has 0 aliphatic carbocycles. The van der Waals surface area contributed by atoms with E-state index in [0.717, 1.165) is 18.8 Å². The van der Waals surface area contributed by atoms with E-state index >= 15 is 0 Å². The largest absolute Gasteiger partial charge is 0.491 e. The minimum absolute atomic E-state index is 0. The molecule has 0 bridgehead atoms. The molecule has 0 spiro atoms. The van der Waals surface area contributed by atoms with Crippen LogP contribution in [0.25, 0.3) is 0 Å². The van der Waals surface area contributed by atoms with Crippen LogP contribution in [-0.4, -0.2) is 36.5 Å². The number of nitrogens with one attached hydrogen (secondary N) is 1. The molecule has 2 aromatic rings. The number of nitrogens with zero attached hydrogens (tertiary/aromatic N) is 1. The number of amides is 1. The highest BCUT2D eigenvalue weighted by molar-refractivity contribution is 7.10. The minimum Gasteiger partial charge on any atom is -0.491 e. The highest BCUT2D eigenvalue weighted by Crippen LogP contribution is 2.28. The van der Waals surface area contributed by atoms with Gasteiger partial charge in [0.1, 0.15) is 5.75 Å². The normalized spacial score (nSPS) is 15.5. The number of carbonyl (C=O) groups is 1. The van der Waals surface area contributed by atoms with Crippen molar-refractivity contribution in [3.63, 3.8) is 0 Å². The summed E-state index contributed by atoms with van der Waals surface area (Å²) in [5, 5.41) is 5.21. The molecule has 0 saturated carbocycles. The van der Waals surface area contributed by atoms with Crippen LogP contribution in [0.2, 0.25) is 0 Å². The van der Waals surface area contributed by atoms with Crippen LogP contribution in [0, 0.1) is 0 Å². The lowest BCUT2D eigenvalue weighted by Crippen LogP contribution is -2.36. The van der Waals surface area contributed by atoms with E-state index in [1.165, 1.54) is 17.7 Å². The van der Waals surface area contributed by atoms with Crippen molar-refractivity contribution in [2.45, 2.75) is 38.8 Å². The van der Waals surface area contributed by atoms with E-state index < -0.39 is 0 Å². The van der Waals surface area contributed by atoms with Crippen LogP contribution in [-0.2, 0) is 0 Å². The molecule has 1 fully saturated rings. The highest BCUT2D eigenvalue weighted by atomic mass is 35.5. The second-order valence-electron chi connectivity index (χ2n) is 6.68. The van der Waals surface area contributed by atoms with E-state index in [-0.39, 0.29) is 30.5 Å². The van der Waals surface area contributed by atoms with Gasteiger partial charge in [-0.25, -0.2) is 0 Å². The predicted octanol–water partition coefficient (Wildman–Crippen LogP) is 4.52. The lowest BCUT2D eigenvalue weighted by Gasteiger charge is -2.27. The van der Waals surface area contributed by atoms with Gasteiger partial charge in [0.15, 0.2) is 0 Å². The zero-order chi connectivity index (χ0) is 17.6. The van der Waals surface area contributed by atoms with Crippen molar-refractivity contribution in [2.24, 2.45) is 0 Å². The van der Waals surface area contributed by atoms with Gasteiger partial charge in [0.2, 0.25) is 0 Å². The van der Waals surface area contributed by atoms with Crippen molar-refractivity contribution in [1.82, 2.24) is 10.2 Å². The summed E-state index contributed by atoms with van der Waals surface area (Å²) in [5.74, 6) is 0.761. The Bertz CT molecular complexity index is 668. The molecule has 26 heavy (non-hydrogen) atoms. The molecule has 1 aliphatic heterocycles. The Labute approximate surface area is 166 Å². The minimum atomic E-state index is -0.0307. The topological polar surface area (TPSA) is 41.6 Å². The van der Waals surface area contributed by atoms with Crippen molar-refractivity contribution < 1.29 is 9.53 Å². The molecule has 1 saturated heterocycles. The van der Waals surface area contributed by atoms with Crippen LogP contribution in [0.15, 0.2) is 41.8 Å². The molecule has 0 radical (unpaired) electrons. The Morgan fingerprint density at radius 2 is 1.88 bits per heavy atom. The standard InChI is InChI=1S/C20H26N2O2S.ClH/c1-15(2)24-17-9-7-16(8-10-17)20(23)21-14-18(19-6-5-13-25-19)22-11-3-4-12-22;/h5-10,13,15,18H,3-4,11-12,14H2,1-2H3,(H,21,23);1H. The van der Waals surface area contributed by atoms with Crippen molar-refractivity contribution in [3.05, 3.63) is 52.2 Å². The second-order valence-corrected chi connectivity index (χ2v) is 7.65. The van der Waals surface area contributed by atoms with E-state index in [2.05, 4.69) is 27.7 Å². The van der Waals surface area contributed by atoms with Crippen molar-refractivity contribution in [2.75, 3.05) is 19.6 Å². The Morgan fingerprint density at radius 3 is 2.46 bits per heavy atom. The van der Waals surface area contributed by atoms with Gasteiger partial charge in [0, 0.05) is 17.0 Å². The van der Waals surface area contributed by atoms with Crippen LogP contribution in [0.5, 0.6) is 5.75 Å². The number of hydrogen-bond acceptors (Lipinski definition) is 4. The highest BCUT2D eigenvalue weighted by Gasteiger charge is 2.24. The summed E-state index contributed by atoms with van der Waals surface area (Å²) in [5.41, 5.74) is 0.669. The first-order chi connectivity index (χ1) is 12.1. The maximum atomic E-state index is 12.5. The quantitative estimate of drug-likeness (QED) is 0.750. The van der Waals surface area contributed by atoms with E-state index in [4.69, 9.17) is 4.74 Å². The number of hydrogen-bond donors (Lipinski definition) is 1. The lowest BCUT2D eigenvalue weighted by molar-refractivity contribution is 0.0938. The third kappa shape index (κ3) is 5.47. The summed E-state index contributed by atoms with van der Waals surface area (Å²) in [6, 6.07) is 11.9.